The number of pyridine rings is 1. The van der Waals surface area contributed by atoms with E-state index in [0.29, 0.717) is 5.69 Å². The fourth-order valence-corrected chi connectivity index (χ4v) is 1.73. The van der Waals surface area contributed by atoms with Crippen molar-refractivity contribution in [3.8, 4) is 0 Å². The van der Waals surface area contributed by atoms with E-state index in [1.165, 1.54) is 6.07 Å². The molecule has 18 heavy (non-hydrogen) atoms. The van der Waals surface area contributed by atoms with Crippen LogP contribution in [0.15, 0.2) is 42.6 Å². The first kappa shape index (κ1) is 12.5. The molecule has 0 bridgehead atoms. The van der Waals surface area contributed by atoms with Crippen molar-refractivity contribution in [2.24, 2.45) is 5.73 Å². The van der Waals surface area contributed by atoms with Crippen LogP contribution in [0.4, 0.5) is 15.8 Å². The zero-order chi connectivity index (χ0) is 13.1. The van der Waals surface area contributed by atoms with Gasteiger partial charge in [-0.1, -0.05) is 12.1 Å². The normalized spacial score (nSPS) is 12.2. The second-order valence-electron chi connectivity index (χ2n) is 4.24. The Morgan fingerprint density at radius 1 is 1.22 bits per heavy atom. The lowest BCUT2D eigenvalue weighted by atomic mass is 10.2. The first-order valence-electron chi connectivity index (χ1n) is 5.79. The fourth-order valence-electron chi connectivity index (χ4n) is 1.73. The third-order valence-electron chi connectivity index (χ3n) is 2.84. The molecule has 1 aromatic carbocycles. The Hall–Kier alpha value is -1.94. The van der Waals surface area contributed by atoms with Crippen molar-refractivity contribution < 1.29 is 4.39 Å². The molecular formula is C14H16FN3. The molecule has 0 saturated heterocycles. The molecule has 2 N–H and O–H groups in total. The van der Waals surface area contributed by atoms with Gasteiger partial charge in [0, 0.05) is 13.1 Å². The minimum absolute atomic E-state index is 0.0992. The topological polar surface area (TPSA) is 42.1 Å². The molecule has 94 valence electrons. The number of hydrogen-bond donors (Lipinski definition) is 1. The summed E-state index contributed by atoms with van der Waals surface area (Å²) in [7, 11) is 1.81. The maximum Gasteiger partial charge on any atom is 0.146 e. The Morgan fingerprint density at radius 3 is 2.50 bits per heavy atom. The quantitative estimate of drug-likeness (QED) is 0.903. The zero-order valence-electron chi connectivity index (χ0n) is 10.5. The van der Waals surface area contributed by atoms with Crippen LogP contribution in [-0.2, 0) is 0 Å². The van der Waals surface area contributed by atoms with E-state index < -0.39 is 0 Å². The lowest BCUT2D eigenvalue weighted by Crippen LogP contribution is -2.13. The summed E-state index contributed by atoms with van der Waals surface area (Å²) >= 11 is 0. The molecule has 1 atom stereocenters. The number of nitrogens with two attached hydrogens (primary N) is 1. The molecule has 2 rings (SSSR count). The zero-order valence-corrected chi connectivity index (χ0v) is 10.5. The Balaban J connectivity index is 2.29. The van der Waals surface area contributed by atoms with Crippen molar-refractivity contribution in [1.82, 2.24) is 4.98 Å². The van der Waals surface area contributed by atoms with E-state index in [0.717, 1.165) is 11.4 Å². The van der Waals surface area contributed by atoms with Gasteiger partial charge in [0.25, 0.3) is 0 Å². The molecule has 0 aliphatic heterocycles. The third kappa shape index (κ3) is 2.49. The van der Waals surface area contributed by atoms with Gasteiger partial charge in [-0.2, -0.15) is 0 Å². The van der Waals surface area contributed by atoms with Crippen LogP contribution in [0.5, 0.6) is 0 Å². The summed E-state index contributed by atoms with van der Waals surface area (Å²) < 4.78 is 13.7. The highest BCUT2D eigenvalue weighted by Gasteiger charge is 2.09. The monoisotopic (exact) mass is 245 g/mol. The molecule has 0 aliphatic rings. The predicted octanol–water partition coefficient (Wildman–Crippen LogP) is 3.01. The van der Waals surface area contributed by atoms with E-state index in [2.05, 4.69) is 4.98 Å². The Labute approximate surface area is 106 Å². The summed E-state index contributed by atoms with van der Waals surface area (Å²) in [5.41, 5.74) is 7.90. The summed E-state index contributed by atoms with van der Waals surface area (Å²) in [6, 6.07) is 10.3. The molecular weight excluding hydrogens is 229 g/mol. The molecule has 3 nitrogen and oxygen atoms in total. The van der Waals surface area contributed by atoms with Crippen molar-refractivity contribution in [3.63, 3.8) is 0 Å². The van der Waals surface area contributed by atoms with Gasteiger partial charge in [-0.05, 0) is 31.2 Å². The lowest BCUT2D eigenvalue weighted by molar-refractivity contribution is 0.627. The van der Waals surface area contributed by atoms with Crippen LogP contribution in [-0.4, -0.2) is 12.0 Å². The van der Waals surface area contributed by atoms with Gasteiger partial charge in [0.2, 0.25) is 0 Å². The number of hydrogen-bond acceptors (Lipinski definition) is 3. The van der Waals surface area contributed by atoms with Crippen molar-refractivity contribution in [1.29, 1.82) is 0 Å². The molecule has 1 heterocycles. The second-order valence-corrected chi connectivity index (χ2v) is 4.24. The Morgan fingerprint density at radius 2 is 1.94 bits per heavy atom. The van der Waals surface area contributed by atoms with Crippen molar-refractivity contribution in [3.05, 3.63) is 54.1 Å². The molecule has 4 heteroatoms. The van der Waals surface area contributed by atoms with Crippen LogP contribution in [0.3, 0.4) is 0 Å². The summed E-state index contributed by atoms with van der Waals surface area (Å²) in [5, 5.41) is 0. The molecule has 0 radical (unpaired) electrons. The Bertz CT molecular complexity index is 523. The predicted molar refractivity (Wildman–Crippen MR) is 71.3 cm³/mol. The van der Waals surface area contributed by atoms with Gasteiger partial charge in [-0.15, -0.1) is 0 Å². The van der Waals surface area contributed by atoms with Crippen molar-refractivity contribution in [2.45, 2.75) is 13.0 Å². The molecule has 0 spiro atoms. The van der Waals surface area contributed by atoms with E-state index >= 15 is 0 Å². The van der Waals surface area contributed by atoms with Gasteiger partial charge in [0.05, 0.1) is 23.3 Å². The first-order valence-corrected chi connectivity index (χ1v) is 5.79. The number of para-hydroxylation sites is 1. The maximum absolute atomic E-state index is 13.7. The highest BCUT2D eigenvalue weighted by atomic mass is 19.1. The molecule has 0 amide bonds. The summed E-state index contributed by atoms with van der Waals surface area (Å²) in [5.74, 6) is -0.253. The number of anilines is 2. The molecule has 1 aromatic heterocycles. The maximum atomic E-state index is 13.7. The molecule has 0 fully saturated rings. The van der Waals surface area contributed by atoms with Crippen LogP contribution in [0.25, 0.3) is 0 Å². The fraction of sp³-hybridized carbons (Fsp3) is 0.214. The smallest absolute Gasteiger partial charge is 0.146 e. The van der Waals surface area contributed by atoms with E-state index in [4.69, 9.17) is 5.73 Å². The number of benzene rings is 1. The van der Waals surface area contributed by atoms with Crippen LogP contribution in [0.2, 0.25) is 0 Å². The summed E-state index contributed by atoms with van der Waals surface area (Å²) in [4.78, 5) is 6.02. The van der Waals surface area contributed by atoms with Crippen molar-refractivity contribution >= 4 is 11.4 Å². The lowest BCUT2D eigenvalue weighted by Gasteiger charge is -2.20. The number of aromatic nitrogens is 1. The number of rotatable bonds is 3. The van der Waals surface area contributed by atoms with Crippen LogP contribution in [0.1, 0.15) is 18.7 Å². The number of halogens is 1. The molecule has 0 aliphatic carbocycles. The first-order chi connectivity index (χ1) is 8.59. The van der Waals surface area contributed by atoms with Gasteiger partial charge in [0.1, 0.15) is 5.82 Å². The van der Waals surface area contributed by atoms with Crippen LogP contribution < -0.4 is 10.6 Å². The highest BCUT2D eigenvalue weighted by Crippen LogP contribution is 2.25. The minimum Gasteiger partial charge on any atom is -0.341 e. The van der Waals surface area contributed by atoms with Gasteiger partial charge in [0.15, 0.2) is 0 Å². The average Bonchev–Trinajstić information content (AvgIpc) is 2.38. The highest BCUT2D eigenvalue weighted by molar-refractivity contribution is 5.62. The molecule has 0 saturated carbocycles. The molecule has 1 unspecified atom stereocenters. The van der Waals surface area contributed by atoms with Gasteiger partial charge >= 0.3 is 0 Å². The molecule has 2 aromatic rings. The third-order valence-corrected chi connectivity index (χ3v) is 2.84. The van der Waals surface area contributed by atoms with E-state index in [9.17, 15) is 4.39 Å². The van der Waals surface area contributed by atoms with Gasteiger partial charge < -0.3 is 10.6 Å². The summed E-state index contributed by atoms with van der Waals surface area (Å²) in [6.07, 6.45) is 1.70. The standard InChI is InChI=1S/C14H16FN3/c1-10(16)13-8-7-11(9-17-13)18(2)14-6-4-3-5-12(14)15/h3-10H,16H2,1-2H3. The number of nitrogens with zero attached hydrogens (tertiary/aromatic N) is 2. The van der Waals surface area contributed by atoms with Crippen LogP contribution >= 0.6 is 0 Å². The minimum atomic E-state index is -0.253. The summed E-state index contributed by atoms with van der Waals surface area (Å²) in [6.45, 7) is 1.88. The van der Waals surface area contributed by atoms with Crippen molar-refractivity contribution in [2.75, 3.05) is 11.9 Å². The van der Waals surface area contributed by atoms with Gasteiger partial charge in [-0.25, -0.2) is 4.39 Å². The average molecular weight is 245 g/mol. The van der Waals surface area contributed by atoms with E-state index in [-0.39, 0.29) is 11.9 Å². The van der Waals surface area contributed by atoms with E-state index in [1.54, 1.807) is 36.3 Å². The SMILES string of the molecule is CC(N)c1ccc(N(C)c2ccccc2F)cn1. The second kappa shape index (κ2) is 5.14. The van der Waals surface area contributed by atoms with Crippen LogP contribution in [0, 0.1) is 5.82 Å². The largest absolute Gasteiger partial charge is 0.341 e. The van der Waals surface area contributed by atoms with Gasteiger partial charge in [-0.3, -0.25) is 4.98 Å². The Kier molecular flexibility index (Phi) is 3.58. The van der Waals surface area contributed by atoms with E-state index in [1.807, 2.05) is 19.1 Å².